The number of hydrogen-bond acceptors (Lipinski definition) is 5. The van der Waals surface area contributed by atoms with Crippen LogP contribution in [0.3, 0.4) is 0 Å². The van der Waals surface area contributed by atoms with E-state index in [1.807, 2.05) is 4.90 Å². The molecule has 5 heteroatoms. The van der Waals surface area contributed by atoms with Gasteiger partial charge in [-0.2, -0.15) is 0 Å². The largest absolute Gasteiger partial charge is 0.394 e. The molecule has 0 aromatic carbocycles. The summed E-state index contributed by atoms with van der Waals surface area (Å²) in [7, 11) is 0. The van der Waals surface area contributed by atoms with Gasteiger partial charge in [0, 0.05) is 13.1 Å². The second kappa shape index (κ2) is 3.18. The van der Waals surface area contributed by atoms with Crippen LogP contribution in [-0.2, 0) is 0 Å². The molecule has 1 aliphatic rings. The second-order valence-corrected chi connectivity index (χ2v) is 3.19. The van der Waals surface area contributed by atoms with Crippen molar-refractivity contribution in [2.45, 2.75) is 12.5 Å². The Morgan fingerprint density at radius 3 is 3.08 bits per heavy atom. The molecule has 1 aromatic heterocycles. The molecule has 3 N–H and O–H groups in total. The summed E-state index contributed by atoms with van der Waals surface area (Å²) in [5.41, 5.74) is 6.26. The van der Waals surface area contributed by atoms with Crippen molar-refractivity contribution < 1.29 is 5.11 Å². The molecule has 0 radical (unpaired) electrons. The van der Waals surface area contributed by atoms with Crippen LogP contribution >= 0.6 is 0 Å². The smallest absolute Gasteiger partial charge is 0.155 e. The van der Waals surface area contributed by atoms with Gasteiger partial charge in [-0.05, 0) is 6.42 Å². The maximum Gasteiger partial charge on any atom is 0.155 e. The van der Waals surface area contributed by atoms with Crippen LogP contribution < -0.4 is 10.6 Å². The van der Waals surface area contributed by atoms with Gasteiger partial charge in [-0.3, -0.25) is 0 Å². The Morgan fingerprint density at radius 2 is 2.46 bits per heavy atom. The van der Waals surface area contributed by atoms with Crippen LogP contribution in [0.5, 0.6) is 0 Å². The molecule has 70 valence electrons. The first-order chi connectivity index (χ1) is 6.27. The van der Waals surface area contributed by atoms with Gasteiger partial charge in [0.1, 0.15) is 6.33 Å². The van der Waals surface area contributed by atoms with E-state index in [9.17, 15) is 5.11 Å². The first-order valence-electron chi connectivity index (χ1n) is 4.26. The number of anilines is 2. The van der Waals surface area contributed by atoms with Crippen molar-refractivity contribution >= 4 is 11.5 Å². The summed E-state index contributed by atoms with van der Waals surface area (Å²) in [5.74, 6) is 0.728. The third-order valence-electron chi connectivity index (χ3n) is 2.18. The first-order valence-corrected chi connectivity index (χ1v) is 4.26. The minimum Gasteiger partial charge on any atom is -0.394 e. The van der Waals surface area contributed by atoms with Crippen molar-refractivity contribution in [2.24, 2.45) is 0 Å². The zero-order valence-corrected chi connectivity index (χ0v) is 7.22. The van der Waals surface area contributed by atoms with E-state index in [4.69, 9.17) is 5.73 Å². The van der Waals surface area contributed by atoms with Crippen LogP contribution in [0, 0.1) is 0 Å². The molecule has 0 amide bonds. The average molecular weight is 180 g/mol. The monoisotopic (exact) mass is 180 g/mol. The SMILES string of the molecule is Nc1cncnc1N1CC[C@@H](O)C1. The Bertz CT molecular complexity index is 304. The van der Waals surface area contributed by atoms with Gasteiger partial charge in [0.25, 0.3) is 0 Å². The fourth-order valence-electron chi connectivity index (χ4n) is 1.53. The maximum atomic E-state index is 9.33. The highest BCUT2D eigenvalue weighted by molar-refractivity contribution is 5.61. The number of nitrogen functional groups attached to an aromatic ring is 1. The molecule has 0 aliphatic carbocycles. The Kier molecular flexibility index (Phi) is 2.02. The van der Waals surface area contributed by atoms with Crippen molar-refractivity contribution in [1.29, 1.82) is 0 Å². The van der Waals surface area contributed by atoms with Crippen molar-refractivity contribution in [1.82, 2.24) is 9.97 Å². The fourth-order valence-corrected chi connectivity index (χ4v) is 1.53. The first kappa shape index (κ1) is 8.25. The second-order valence-electron chi connectivity index (χ2n) is 3.19. The van der Waals surface area contributed by atoms with E-state index in [1.165, 1.54) is 6.33 Å². The van der Waals surface area contributed by atoms with Gasteiger partial charge in [0.15, 0.2) is 5.82 Å². The van der Waals surface area contributed by atoms with Gasteiger partial charge in [-0.15, -0.1) is 0 Å². The number of aromatic nitrogens is 2. The van der Waals surface area contributed by atoms with Crippen molar-refractivity contribution in [3.05, 3.63) is 12.5 Å². The van der Waals surface area contributed by atoms with Gasteiger partial charge in [0.05, 0.1) is 18.0 Å². The van der Waals surface area contributed by atoms with E-state index >= 15 is 0 Å². The molecule has 2 rings (SSSR count). The number of hydrogen-bond donors (Lipinski definition) is 2. The van der Waals surface area contributed by atoms with Crippen LogP contribution in [0.4, 0.5) is 11.5 Å². The molecule has 2 heterocycles. The predicted molar refractivity (Wildman–Crippen MR) is 49.3 cm³/mol. The van der Waals surface area contributed by atoms with Gasteiger partial charge >= 0.3 is 0 Å². The van der Waals surface area contributed by atoms with Crippen LogP contribution in [-0.4, -0.2) is 34.3 Å². The third-order valence-corrected chi connectivity index (χ3v) is 2.18. The molecule has 0 saturated carbocycles. The fraction of sp³-hybridized carbons (Fsp3) is 0.500. The highest BCUT2D eigenvalue weighted by atomic mass is 16.3. The minimum absolute atomic E-state index is 0.255. The molecule has 1 atom stereocenters. The molecule has 0 unspecified atom stereocenters. The van der Waals surface area contributed by atoms with Gasteiger partial charge in [0.2, 0.25) is 0 Å². The molecular formula is C8H12N4O. The van der Waals surface area contributed by atoms with E-state index in [0.717, 1.165) is 18.8 Å². The summed E-state index contributed by atoms with van der Waals surface area (Å²) < 4.78 is 0. The summed E-state index contributed by atoms with van der Waals surface area (Å²) in [6, 6.07) is 0. The highest BCUT2D eigenvalue weighted by Gasteiger charge is 2.22. The van der Waals surface area contributed by atoms with Gasteiger partial charge in [-0.25, -0.2) is 9.97 Å². The van der Waals surface area contributed by atoms with Gasteiger partial charge < -0.3 is 15.7 Å². The summed E-state index contributed by atoms with van der Waals surface area (Å²) in [5, 5.41) is 9.33. The van der Waals surface area contributed by atoms with Crippen LogP contribution in [0.2, 0.25) is 0 Å². The van der Waals surface area contributed by atoms with Crippen molar-refractivity contribution in [3.63, 3.8) is 0 Å². The summed E-state index contributed by atoms with van der Waals surface area (Å²) >= 11 is 0. The number of nitrogens with two attached hydrogens (primary N) is 1. The number of aliphatic hydroxyl groups excluding tert-OH is 1. The Balaban J connectivity index is 2.21. The average Bonchev–Trinajstić information content (AvgIpc) is 2.53. The quantitative estimate of drug-likeness (QED) is 0.616. The van der Waals surface area contributed by atoms with Gasteiger partial charge in [-0.1, -0.05) is 0 Å². The minimum atomic E-state index is -0.255. The lowest BCUT2D eigenvalue weighted by molar-refractivity contribution is 0.198. The molecular weight excluding hydrogens is 168 g/mol. The number of β-amino-alcohol motifs (C(OH)–C–C–N with tert-alkyl or cyclic N) is 1. The van der Waals surface area contributed by atoms with Crippen molar-refractivity contribution in [2.75, 3.05) is 23.7 Å². The molecule has 5 nitrogen and oxygen atoms in total. The highest BCUT2D eigenvalue weighted by Crippen LogP contribution is 2.22. The van der Waals surface area contributed by atoms with E-state index < -0.39 is 0 Å². The summed E-state index contributed by atoms with van der Waals surface area (Å²) in [4.78, 5) is 9.86. The van der Waals surface area contributed by atoms with E-state index in [1.54, 1.807) is 6.20 Å². The lowest BCUT2D eigenvalue weighted by atomic mass is 10.3. The van der Waals surface area contributed by atoms with E-state index in [0.29, 0.717) is 12.2 Å². The topological polar surface area (TPSA) is 75.3 Å². The molecule has 0 bridgehead atoms. The maximum absolute atomic E-state index is 9.33. The normalized spacial score (nSPS) is 22.2. The molecule has 0 spiro atoms. The molecule has 1 aliphatic heterocycles. The zero-order chi connectivity index (χ0) is 9.26. The summed E-state index contributed by atoms with van der Waals surface area (Å²) in [6.45, 7) is 1.42. The van der Waals surface area contributed by atoms with Crippen molar-refractivity contribution in [3.8, 4) is 0 Å². The Hall–Kier alpha value is -1.36. The molecule has 1 fully saturated rings. The number of aliphatic hydroxyl groups is 1. The lowest BCUT2D eigenvalue weighted by Crippen LogP contribution is -2.23. The van der Waals surface area contributed by atoms with Crippen LogP contribution in [0.25, 0.3) is 0 Å². The zero-order valence-electron chi connectivity index (χ0n) is 7.22. The van der Waals surface area contributed by atoms with Crippen LogP contribution in [0.1, 0.15) is 6.42 Å². The van der Waals surface area contributed by atoms with E-state index in [2.05, 4.69) is 9.97 Å². The summed E-state index contributed by atoms with van der Waals surface area (Å²) in [6.07, 6.45) is 3.57. The Morgan fingerprint density at radius 1 is 1.62 bits per heavy atom. The molecule has 1 aromatic rings. The third kappa shape index (κ3) is 1.55. The number of rotatable bonds is 1. The molecule has 1 saturated heterocycles. The standard InChI is InChI=1S/C8H12N4O/c9-7-3-10-5-11-8(7)12-2-1-6(13)4-12/h3,5-6,13H,1-2,4,9H2/t6-/m1/s1. The molecule has 13 heavy (non-hydrogen) atoms. The number of nitrogens with zero attached hydrogens (tertiary/aromatic N) is 3. The lowest BCUT2D eigenvalue weighted by Gasteiger charge is -2.17. The van der Waals surface area contributed by atoms with E-state index in [-0.39, 0.29) is 6.10 Å². The van der Waals surface area contributed by atoms with Crippen LogP contribution in [0.15, 0.2) is 12.5 Å². The predicted octanol–water partition coefficient (Wildman–Crippen LogP) is -0.370. The Labute approximate surface area is 76.2 Å².